The molecule has 2 bridgehead atoms. The first-order chi connectivity index (χ1) is 9.16. The molecule has 0 atom stereocenters. The monoisotopic (exact) mass is 250 g/mol. The fraction of sp³-hybridized carbons (Fsp3) is 0.188. The van der Waals surface area contributed by atoms with E-state index in [0.29, 0.717) is 0 Å². The standard InChI is InChI=1S/C16H14N2O/c1-8-10(3)18-13-6-12(8)15-11(9(13)2)4-5-14-16(15)17-7-19-14/h4-7,18H,1-3H3. The Morgan fingerprint density at radius 3 is 2.84 bits per heavy atom. The molecule has 3 heteroatoms. The van der Waals surface area contributed by atoms with E-state index in [9.17, 15) is 0 Å². The molecule has 3 nitrogen and oxygen atoms in total. The minimum absolute atomic E-state index is 0.847. The van der Waals surface area contributed by atoms with Gasteiger partial charge in [-0.1, -0.05) is 6.07 Å². The van der Waals surface area contributed by atoms with Gasteiger partial charge in [0.25, 0.3) is 0 Å². The van der Waals surface area contributed by atoms with Crippen LogP contribution in [0, 0.1) is 6.92 Å². The average Bonchev–Trinajstić information content (AvgIpc) is 2.88. The zero-order valence-electron chi connectivity index (χ0n) is 11.2. The van der Waals surface area contributed by atoms with Gasteiger partial charge in [-0.05, 0) is 55.0 Å². The molecular formula is C16H14N2O. The van der Waals surface area contributed by atoms with E-state index in [1.165, 1.54) is 45.3 Å². The number of rotatable bonds is 0. The molecule has 0 radical (unpaired) electrons. The molecule has 0 amide bonds. The number of anilines is 1. The van der Waals surface area contributed by atoms with Crippen molar-refractivity contribution in [3.05, 3.63) is 41.4 Å². The van der Waals surface area contributed by atoms with Crippen molar-refractivity contribution in [1.29, 1.82) is 0 Å². The third-order valence-electron chi connectivity index (χ3n) is 4.16. The van der Waals surface area contributed by atoms with Crippen LogP contribution in [-0.2, 0) is 0 Å². The molecule has 19 heavy (non-hydrogen) atoms. The molecule has 0 spiro atoms. The summed E-state index contributed by atoms with van der Waals surface area (Å²) in [6.07, 6.45) is 1.52. The summed E-state index contributed by atoms with van der Waals surface area (Å²) < 4.78 is 5.43. The Morgan fingerprint density at radius 2 is 2.00 bits per heavy atom. The third-order valence-corrected chi connectivity index (χ3v) is 4.16. The number of hydrogen-bond acceptors (Lipinski definition) is 3. The lowest BCUT2D eigenvalue weighted by molar-refractivity contribution is 0.602. The van der Waals surface area contributed by atoms with Gasteiger partial charge in [-0.15, -0.1) is 0 Å². The average molecular weight is 250 g/mol. The van der Waals surface area contributed by atoms with Crippen molar-refractivity contribution < 1.29 is 4.42 Å². The molecule has 94 valence electrons. The van der Waals surface area contributed by atoms with Gasteiger partial charge in [0, 0.05) is 16.8 Å². The predicted molar refractivity (Wildman–Crippen MR) is 78.1 cm³/mol. The van der Waals surface area contributed by atoms with Gasteiger partial charge >= 0.3 is 0 Å². The molecule has 0 saturated carbocycles. The second-order valence-corrected chi connectivity index (χ2v) is 5.16. The molecule has 1 aromatic heterocycles. The molecule has 3 aromatic rings. The highest BCUT2D eigenvalue weighted by molar-refractivity contribution is 6.12. The number of aromatic nitrogens is 1. The normalized spacial score (nSPS) is 14.3. The number of fused-ring (bicyclic) bond motifs is 6. The Labute approximate surface area is 110 Å². The maximum Gasteiger partial charge on any atom is 0.182 e. The van der Waals surface area contributed by atoms with Crippen molar-refractivity contribution in [3.8, 4) is 0 Å². The van der Waals surface area contributed by atoms with Crippen molar-refractivity contribution >= 4 is 33.1 Å². The number of hydrogen-bond donors (Lipinski definition) is 1. The first-order valence-corrected chi connectivity index (χ1v) is 6.41. The van der Waals surface area contributed by atoms with Crippen LogP contribution in [0.4, 0.5) is 5.69 Å². The molecule has 1 aliphatic rings. The van der Waals surface area contributed by atoms with E-state index >= 15 is 0 Å². The zero-order valence-corrected chi connectivity index (χ0v) is 11.2. The summed E-state index contributed by atoms with van der Waals surface area (Å²) in [4.78, 5) is 4.40. The van der Waals surface area contributed by atoms with Crippen molar-refractivity contribution in [2.75, 3.05) is 5.32 Å². The minimum Gasteiger partial charge on any atom is -0.443 e. The van der Waals surface area contributed by atoms with Crippen LogP contribution in [-0.4, -0.2) is 4.98 Å². The van der Waals surface area contributed by atoms with E-state index in [4.69, 9.17) is 4.42 Å². The number of nitrogens with zero attached hydrogens (tertiary/aromatic N) is 1. The minimum atomic E-state index is 0.847. The van der Waals surface area contributed by atoms with Gasteiger partial charge in [-0.2, -0.15) is 0 Å². The SMILES string of the molecule is CC1=C(C)c2cc(c(C)c3ccc4ocnc4c23)N1. The fourth-order valence-electron chi connectivity index (χ4n) is 2.91. The van der Waals surface area contributed by atoms with Crippen molar-refractivity contribution in [3.63, 3.8) is 0 Å². The number of aryl methyl sites for hydroxylation is 1. The summed E-state index contributed by atoms with van der Waals surface area (Å²) in [5.74, 6) is 0. The van der Waals surface area contributed by atoms with Gasteiger partial charge in [0.1, 0.15) is 5.52 Å². The summed E-state index contributed by atoms with van der Waals surface area (Å²) in [6, 6.07) is 6.34. The van der Waals surface area contributed by atoms with Crippen LogP contribution in [0.3, 0.4) is 0 Å². The quantitative estimate of drug-likeness (QED) is 0.640. The highest BCUT2D eigenvalue weighted by atomic mass is 16.3. The second kappa shape index (κ2) is 3.38. The van der Waals surface area contributed by atoms with Crippen LogP contribution in [0.1, 0.15) is 25.0 Å². The summed E-state index contributed by atoms with van der Waals surface area (Å²) >= 11 is 0. The van der Waals surface area contributed by atoms with E-state index in [2.05, 4.69) is 43.2 Å². The van der Waals surface area contributed by atoms with Gasteiger partial charge < -0.3 is 9.73 Å². The lowest BCUT2D eigenvalue weighted by atomic mass is 9.90. The van der Waals surface area contributed by atoms with E-state index < -0.39 is 0 Å². The van der Waals surface area contributed by atoms with Crippen LogP contribution in [0.25, 0.3) is 27.4 Å². The number of benzene rings is 2. The molecule has 1 aliphatic heterocycles. The molecule has 0 aliphatic carbocycles. The second-order valence-electron chi connectivity index (χ2n) is 5.16. The molecule has 2 aromatic carbocycles. The maximum absolute atomic E-state index is 5.43. The van der Waals surface area contributed by atoms with E-state index in [0.717, 1.165) is 11.1 Å². The molecule has 4 rings (SSSR count). The van der Waals surface area contributed by atoms with Crippen LogP contribution in [0.5, 0.6) is 0 Å². The third kappa shape index (κ3) is 1.24. The Bertz CT molecular complexity index is 871. The summed E-state index contributed by atoms with van der Waals surface area (Å²) in [6.45, 7) is 6.41. The van der Waals surface area contributed by atoms with Crippen LogP contribution in [0.15, 0.2) is 34.7 Å². The van der Waals surface area contributed by atoms with Crippen LogP contribution < -0.4 is 5.32 Å². The lowest BCUT2D eigenvalue weighted by Gasteiger charge is -2.23. The van der Waals surface area contributed by atoms with Gasteiger partial charge in [-0.25, -0.2) is 4.98 Å². The summed E-state index contributed by atoms with van der Waals surface area (Å²) in [5, 5.41) is 5.91. The first kappa shape index (κ1) is 10.6. The highest BCUT2D eigenvalue weighted by Crippen LogP contribution is 2.40. The van der Waals surface area contributed by atoms with Crippen molar-refractivity contribution in [2.24, 2.45) is 0 Å². The predicted octanol–water partition coefficient (Wildman–Crippen LogP) is 4.47. The topological polar surface area (TPSA) is 38.1 Å². The fourth-order valence-corrected chi connectivity index (χ4v) is 2.91. The van der Waals surface area contributed by atoms with E-state index in [-0.39, 0.29) is 0 Å². The van der Waals surface area contributed by atoms with Crippen LogP contribution in [0.2, 0.25) is 0 Å². The largest absolute Gasteiger partial charge is 0.443 e. The Kier molecular flexibility index (Phi) is 1.89. The molecule has 1 N–H and O–H groups in total. The molecule has 2 heterocycles. The molecular weight excluding hydrogens is 236 g/mol. The Morgan fingerprint density at radius 1 is 1.16 bits per heavy atom. The number of oxazole rings is 1. The first-order valence-electron chi connectivity index (χ1n) is 6.41. The smallest absolute Gasteiger partial charge is 0.182 e. The number of allylic oxidation sites excluding steroid dienone is 2. The molecule has 0 saturated heterocycles. The van der Waals surface area contributed by atoms with Gasteiger partial charge in [-0.3, -0.25) is 0 Å². The summed E-state index contributed by atoms with van der Waals surface area (Å²) in [5.41, 5.74) is 7.98. The van der Waals surface area contributed by atoms with Gasteiger partial charge in [0.05, 0.1) is 0 Å². The number of nitrogens with one attached hydrogen (secondary N) is 1. The van der Waals surface area contributed by atoms with Crippen LogP contribution >= 0.6 is 0 Å². The van der Waals surface area contributed by atoms with E-state index in [1.54, 1.807) is 0 Å². The summed E-state index contributed by atoms with van der Waals surface area (Å²) in [7, 11) is 0. The molecule has 0 fully saturated rings. The highest BCUT2D eigenvalue weighted by Gasteiger charge is 2.19. The van der Waals surface area contributed by atoms with Crippen molar-refractivity contribution in [1.82, 2.24) is 4.98 Å². The zero-order chi connectivity index (χ0) is 13.1. The van der Waals surface area contributed by atoms with Gasteiger partial charge in [0.15, 0.2) is 12.0 Å². The Hall–Kier alpha value is -2.29. The van der Waals surface area contributed by atoms with E-state index in [1.807, 2.05) is 6.07 Å². The maximum atomic E-state index is 5.43. The van der Waals surface area contributed by atoms with Crippen molar-refractivity contribution in [2.45, 2.75) is 20.8 Å². The Balaban J connectivity index is 2.31. The molecule has 0 unspecified atom stereocenters. The van der Waals surface area contributed by atoms with Gasteiger partial charge in [0.2, 0.25) is 0 Å². The lowest BCUT2D eigenvalue weighted by Crippen LogP contribution is -2.07.